The zero-order valence-corrected chi connectivity index (χ0v) is 12.8. The van der Waals surface area contributed by atoms with Crippen molar-refractivity contribution in [2.24, 2.45) is 5.73 Å². The van der Waals surface area contributed by atoms with Crippen molar-refractivity contribution in [2.45, 2.75) is 44.3 Å². The van der Waals surface area contributed by atoms with Gasteiger partial charge in [0.05, 0.1) is 12.1 Å². The molecule has 2 N–H and O–H groups in total. The summed E-state index contributed by atoms with van der Waals surface area (Å²) in [4.78, 5) is 18.2. The minimum Gasteiger partial charge on any atom is -0.337 e. The van der Waals surface area contributed by atoms with Crippen molar-refractivity contribution in [3.05, 3.63) is 30.2 Å². The van der Waals surface area contributed by atoms with Crippen molar-refractivity contribution < 1.29 is 9.32 Å². The number of nitrogens with two attached hydrogens (primary N) is 1. The third kappa shape index (κ3) is 2.61. The molecule has 1 aliphatic rings. The highest BCUT2D eigenvalue weighted by molar-refractivity contribution is 5.79. The first-order chi connectivity index (χ1) is 10.5. The molecule has 1 fully saturated rings. The molecule has 2 heterocycles. The summed E-state index contributed by atoms with van der Waals surface area (Å²) in [5.74, 6) is 0.861. The van der Waals surface area contributed by atoms with E-state index in [-0.39, 0.29) is 18.5 Å². The maximum atomic E-state index is 12.4. The van der Waals surface area contributed by atoms with Crippen LogP contribution in [0.1, 0.15) is 43.9 Å². The molecule has 0 aromatic carbocycles. The fourth-order valence-electron chi connectivity index (χ4n) is 2.53. The monoisotopic (exact) mass is 304 g/mol. The highest BCUT2D eigenvalue weighted by Crippen LogP contribution is 2.36. The van der Waals surface area contributed by atoms with Crippen molar-refractivity contribution in [2.75, 3.05) is 7.05 Å². The summed E-state index contributed by atoms with van der Waals surface area (Å²) >= 11 is 0. The van der Waals surface area contributed by atoms with Crippen molar-refractivity contribution in [3.63, 3.8) is 0 Å². The molecule has 22 heavy (non-hydrogen) atoms. The number of likely N-dealkylation sites (N-methyl/N-ethyl adjacent to an activating group) is 1. The number of aromatic nitrogens is 4. The predicted molar refractivity (Wildman–Crippen MR) is 77.4 cm³/mol. The summed E-state index contributed by atoms with van der Waals surface area (Å²) in [6, 6.07) is 1.41. The normalized spacial score (nSPS) is 17.8. The third-order valence-corrected chi connectivity index (χ3v) is 4.19. The lowest BCUT2D eigenvalue weighted by atomic mass is 9.77. The Kier molecular flexibility index (Phi) is 3.69. The third-order valence-electron chi connectivity index (χ3n) is 4.19. The zero-order valence-electron chi connectivity index (χ0n) is 12.8. The van der Waals surface area contributed by atoms with E-state index in [0.717, 1.165) is 19.3 Å². The molecule has 0 spiro atoms. The molecule has 3 rings (SSSR count). The average Bonchev–Trinajstić information content (AvgIpc) is 3.14. The molecule has 2 aromatic heterocycles. The molecule has 1 unspecified atom stereocenters. The SMILES string of the molecule is CC(C(=O)N(C)Cc1nc(C2(N)CCC2)no1)n1cccn1. The molecule has 0 aliphatic heterocycles. The minimum absolute atomic E-state index is 0.0745. The molecule has 1 amide bonds. The van der Waals surface area contributed by atoms with Gasteiger partial charge in [0.2, 0.25) is 11.8 Å². The first kappa shape index (κ1) is 14.7. The molecule has 0 radical (unpaired) electrons. The summed E-state index contributed by atoms with van der Waals surface area (Å²) in [5.41, 5.74) is 5.71. The van der Waals surface area contributed by atoms with E-state index in [9.17, 15) is 4.79 Å². The van der Waals surface area contributed by atoms with Crippen LogP contribution in [-0.2, 0) is 16.9 Å². The molecule has 2 aromatic rings. The Balaban J connectivity index is 1.64. The Bertz CT molecular complexity index is 646. The quantitative estimate of drug-likeness (QED) is 0.877. The fraction of sp³-hybridized carbons (Fsp3) is 0.571. The van der Waals surface area contributed by atoms with Gasteiger partial charge in [-0.05, 0) is 32.3 Å². The van der Waals surface area contributed by atoms with Crippen molar-refractivity contribution >= 4 is 5.91 Å². The Morgan fingerprint density at radius 3 is 2.95 bits per heavy atom. The van der Waals surface area contributed by atoms with Gasteiger partial charge in [-0.3, -0.25) is 9.48 Å². The molecule has 0 bridgehead atoms. The van der Waals surface area contributed by atoms with Gasteiger partial charge in [-0.15, -0.1) is 0 Å². The molecule has 8 heteroatoms. The van der Waals surface area contributed by atoms with E-state index in [1.165, 1.54) is 0 Å². The maximum absolute atomic E-state index is 12.4. The Morgan fingerprint density at radius 2 is 2.36 bits per heavy atom. The largest absolute Gasteiger partial charge is 0.337 e. The van der Waals surface area contributed by atoms with Crippen LogP contribution in [0.15, 0.2) is 23.0 Å². The van der Waals surface area contributed by atoms with E-state index in [1.54, 1.807) is 42.0 Å². The van der Waals surface area contributed by atoms with E-state index in [2.05, 4.69) is 15.2 Å². The van der Waals surface area contributed by atoms with Gasteiger partial charge in [0.25, 0.3) is 0 Å². The lowest BCUT2D eigenvalue weighted by Gasteiger charge is -2.34. The highest BCUT2D eigenvalue weighted by atomic mass is 16.5. The highest BCUT2D eigenvalue weighted by Gasteiger charge is 2.39. The average molecular weight is 304 g/mol. The van der Waals surface area contributed by atoms with Crippen LogP contribution < -0.4 is 5.73 Å². The van der Waals surface area contributed by atoms with Crippen LogP contribution in [0.4, 0.5) is 0 Å². The van der Waals surface area contributed by atoms with Crippen molar-refractivity contribution in [1.29, 1.82) is 0 Å². The first-order valence-electron chi connectivity index (χ1n) is 7.36. The van der Waals surface area contributed by atoms with Gasteiger partial charge in [0.15, 0.2) is 5.82 Å². The van der Waals surface area contributed by atoms with E-state index < -0.39 is 5.54 Å². The number of carbonyl (C=O) groups excluding carboxylic acids is 1. The molecular formula is C14H20N6O2. The number of hydrogen-bond acceptors (Lipinski definition) is 6. The number of carbonyl (C=O) groups is 1. The van der Waals surface area contributed by atoms with E-state index in [0.29, 0.717) is 11.7 Å². The van der Waals surface area contributed by atoms with Gasteiger partial charge in [0.1, 0.15) is 6.04 Å². The van der Waals surface area contributed by atoms with Crippen molar-refractivity contribution in [3.8, 4) is 0 Å². The zero-order chi connectivity index (χ0) is 15.7. The Labute approximate surface area is 128 Å². The summed E-state index contributed by atoms with van der Waals surface area (Å²) in [5, 5.41) is 8.03. The lowest BCUT2D eigenvalue weighted by molar-refractivity contribution is -0.134. The summed E-state index contributed by atoms with van der Waals surface area (Å²) in [6.45, 7) is 2.06. The van der Waals surface area contributed by atoms with Crippen LogP contribution in [0, 0.1) is 0 Å². The maximum Gasteiger partial charge on any atom is 0.247 e. The summed E-state index contributed by atoms with van der Waals surface area (Å²) in [6.07, 6.45) is 6.23. The lowest BCUT2D eigenvalue weighted by Crippen LogP contribution is -2.44. The molecule has 0 saturated heterocycles. The molecule has 1 atom stereocenters. The smallest absolute Gasteiger partial charge is 0.247 e. The second kappa shape index (κ2) is 5.53. The van der Waals surface area contributed by atoms with Crippen LogP contribution in [-0.4, -0.2) is 37.8 Å². The number of rotatable bonds is 5. The van der Waals surface area contributed by atoms with Crippen LogP contribution in [0.2, 0.25) is 0 Å². The molecule has 1 saturated carbocycles. The van der Waals surface area contributed by atoms with E-state index in [1.807, 2.05) is 0 Å². The molecule has 8 nitrogen and oxygen atoms in total. The van der Waals surface area contributed by atoms with Gasteiger partial charge in [-0.25, -0.2) is 0 Å². The van der Waals surface area contributed by atoms with Crippen LogP contribution in [0.25, 0.3) is 0 Å². The molecular weight excluding hydrogens is 284 g/mol. The van der Waals surface area contributed by atoms with Crippen LogP contribution in [0.3, 0.4) is 0 Å². The van der Waals surface area contributed by atoms with Gasteiger partial charge < -0.3 is 15.2 Å². The summed E-state index contributed by atoms with van der Waals surface area (Å²) < 4.78 is 6.83. The van der Waals surface area contributed by atoms with Crippen molar-refractivity contribution in [1.82, 2.24) is 24.8 Å². The summed E-state index contributed by atoms with van der Waals surface area (Å²) in [7, 11) is 1.70. The van der Waals surface area contributed by atoms with Crippen LogP contribution in [0.5, 0.6) is 0 Å². The Hall–Kier alpha value is -2.22. The van der Waals surface area contributed by atoms with E-state index in [4.69, 9.17) is 10.3 Å². The fourth-order valence-corrected chi connectivity index (χ4v) is 2.53. The second-order valence-corrected chi connectivity index (χ2v) is 5.88. The van der Waals surface area contributed by atoms with Gasteiger partial charge in [-0.1, -0.05) is 5.16 Å². The van der Waals surface area contributed by atoms with E-state index >= 15 is 0 Å². The number of amides is 1. The van der Waals surface area contributed by atoms with Crippen LogP contribution >= 0.6 is 0 Å². The standard InChI is InChI=1S/C14H20N6O2/c1-10(20-8-4-7-16-20)12(21)19(2)9-11-17-13(18-22-11)14(15)5-3-6-14/h4,7-8,10H,3,5-6,9,15H2,1-2H3. The number of nitrogens with zero attached hydrogens (tertiary/aromatic N) is 5. The van der Waals surface area contributed by atoms with Gasteiger partial charge >= 0.3 is 0 Å². The minimum atomic E-state index is -0.452. The van der Waals surface area contributed by atoms with Gasteiger partial charge in [0, 0.05) is 19.4 Å². The first-order valence-corrected chi connectivity index (χ1v) is 7.36. The second-order valence-electron chi connectivity index (χ2n) is 5.88. The number of hydrogen-bond donors (Lipinski definition) is 1. The molecule has 118 valence electrons. The molecule has 1 aliphatic carbocycles. The Morgan fingerprint density at radius 1 is 1.59 bits per heavy atom. The topological polar surface area (TPSA) is 103 Å². The van der Waals surface area contributed by atoms with Gasteiger partial charge in [-0.2, -0.15) is 10.1 Å². The predicted octanol–water partition coefficient (Wildman–Crippen LogP) is 0.824.